The van der Waals surface area contributed by atoms with Gasteiger partial charge in [0, 0.05) is 12.0 Å². The minimum atomic E-state index is -0.228. The smallest absolute Gasteiger partial charge is 0.277 e. The first-order valence-corrected chi connectivity index (χ1v) is 10.2. The molecule has 1 N–H and O–H groups in total. The van der Waals surface area contributed by atoms with Crippen molar-refractivity contribution in [3.05, 3.63) is 89.2 Å². The van der Waals surface area contributed by atoms with E-state index in [-0.39, 0.29) is 11.5 Å². The number of rotatable bonds is 7. The third-order valence-corrected chi connectivity index (χ3v) is 4.96. The number of nitrogens with zero attached hydrogens (tertiary/aromatic N) is 2. The Labute approximate surface area is 180 Å². The van der Waals surface area contributed by atoms with Crippen molar-refractivity contribution < 1.29 is 9.53 Å². The van der Waals surface area contributed by atoms with Crippen molar-refractivity contribution in [2.24, 2.45) is 0 Å². The number of amides is 1. The molecular weight excluding hydrogens is 390 g/mol. The predicted octanol–water partition coefficient (Wildman–Crippen LogP) is 4.49. The van der Waals surface area contributed by atoms with Gasteiger partial charge < -0.3 is 14.6 Å². The molecule has 4 aromatic rings. The van der Waals surface area contributed by atoms with Crippen LogP contribution in [-0.4, -0.2) is 22.1 Å². The second-order valence-corrected chi connectivity index (χ2v) is 7.01. The van der Waals surface area contributed by atoms with Crippen LogP contribution in [0.15, 0.2) is 83.7 Å². The zero-order valence-corrected chi connectivity index (χ0v) is 17.2. The number of ether oxygens (including phenoxy) is 1. The molecule has 0 atom stereocenters. The third kappa shape index (κ3) is 4.48. The van der Waals surface area contributed by atoms with Gasteiger partial charge in [0.1, 0.15) is 18.1 Å². The lowest BCUT2D eigenvalue weighted by Gasteiger charge is -2.15. The number of nitrogens with one attached hydrogen (secondary N) is 1. The number of carbonyl (C=O) groups is 1. The zero-order chi connectivity index (χ0) is 21.6. The van der Waals surface area contributed by atoms with E-state index in [1.54, 1.807) is 23.6 Å². The SMILES string of the molecule is CCC(=O)Nc1ccccc1-c1nc2ccccc2n(CCOc2ccccc2)c1=O. The Bertz CT molecular complexity index is 1270. The summed E-state index contributed by atoms with van der Waals surface area (Å²) in [4.78, 5) is 30.1. The van der Waals surface area contributed by atoms with Gasteiger partial charge in [-0.1, -0.05) is 55.5 Å². The topological polar surface area (TPSA) is 73.2 Å². The molecule has 0 fully saturated rings. The second-order valence-electron chi connectivity index (χ2n) is 7.01. The fourth-order valence-electron chi connectivity index (χ4n) is 3.40. The van der Waals surface area contributed by atoms with E-state index >= 15 is 0 Å². The van der Waals surface area contributed by atoms with Gasteiger partial charge in [0.15, 0.2) is 0 Å². The van der Waals surface area contributed by atoms with Gasteiger partial charge >= 0.3 is 0 Å². The second kappa shape index (κ2) is 9.26. The van der Waals surface area contributed by atoms with Crippen LogP contribution >= 0.6 is 0 Å². The molecule has 0 radical (unpaired) electrons. The summed E-state index contributed by atoms with van der Waals surface area (Å²) in [7, 11) is 0. The fraction of sp³-hybridized carbons (Fsp3) is 0.160. The van der Waals surface area contributed by atoms with E-state index in [1.165, 1.54) is 0 Å². The summed E-state index contributed by atoms with van der Waals surface area (Å²) in [6.07, 6.45) is 0.348. The first-order valence-electron chi connectivity index (χ1n) is 10.2. The summed E-state index contributed by atoms with van der Waals surface area (Å²) in [6.45, 7) is 2.49. The average molecular weight is 413 g/mol. The lowest BCUT2D eigenvalue weighted by molar-refractivity contribution is -0.115. The quantitative estimate of drug-likeness (QED) is 0.484. The normalized spacial score (nSPS) is 10.7. The number of fused-ring (bicyclic) bond motifs is 1. The highest BCUT2D eigenvalue weighted by Crippen LogP contribution is 2.26. The molecule has 0 saturated heterocycles. The standard InChI is InChI=1S/C25H23N3O3/c1-2-23(29)26-20-13-7-6-12-19(20)24-25(30)28(22-15-9-8-14-21(22)27-24)16-17-31-18-10-4-3-5-11-18/h3-15H,2,16-17H2,1H3,(H,26,29). The molecule has 156 valence electrons. The van der Waals surface area contributed by atoms with E-state index in [0.717, 1.165) is 11.3 Å². The molecule has 3 aromatic carbocycles. The highest BCUT2D eigenvalue weighted by Gasteiger charge is 2.16. The third-order valence-electron chi connectivity index (χ3n) is 4.96. The number of carbonyl (C=O) groups excluding carboxylic acids is 1. The highest BCUT2D eigenvalue weighted by atomic mass is 16.5. The van der Waals surface area contributed by atoms with Crippen LogP contribution in [0.25, 0.3) is 22.3 Å². The lowest BCUT2D eigenvalue weighted by atomic mass is 10.1. The van der Waals surface area contributed by atoms with Gasteiger partial charge in [0.05, 0.1) is 23.3 Å². The van der Waals surface area contributed by atoms with E-state index in [9.17, 15) is 9.59 Å². The zero-order valence-electron chi connectivity index (χ0n) is 17.2. The van der Waals surface area contributed by atoms with Crippen molar-refractivity contribution in [3.8, 4) is 17.0 Å². The van der Waals surface area contributed by atoms with Crippen LogP contribution in [0.3, 0.4) is 0 Å². The first kappa shape index (κ1) is 20.3. The maximum atomic E-state index is 13.5. The van der Waals surface area contributed by atoms with Crippen LogP contribution < -0.4 is 15.6 Å². The van der Waals surface area contributed by atoms with Crippen LogP contribution in [-0.2, 0) is 11.3 Å². The van der Waals surface area contributed by atoms with Crippen molar-refractivity contribution in [3.63, 3.8) is 0 Å². The van der Waals surface area contributed by atoms with Gasteiger partial charge in [-0.15, -0.1) is 0 Å². The van der Waals surface area contributed by atoms with Gasteiger partial charge in [-0.3, -0.25) is 9.59 Å². The Hall–Kier alpha value is -3.93. The molecule has 6 heteroatoms. The summed E-state index contributed by atoms with van der Waals surface area (Å²) in [5.41, 5.74) is 2.68. The molecular formula is C25H23N3O3. The van der Waals surface area contributed by atoms with Gasteiger partial charge in [-0.05, 0) is 30.3 Å². The number of benzene rings is 3. The fourth-order valence-corrected chi connectivity index (χ4v) is 3.40. The minimum Gasteiger partial charge on any atom is -0.492 e. The molecule has 31 heavy (non-hydrogen) atoms. The van der Waals surface area contributed by atoms with Crippen LogP contribution in [0.4, 0.5) is 5.69 Å². The van der Waals surface area contributed by atoms with Crippen LogP contribution in [0.2, 0.25) is 0 Å². The average Bonchev–Trinajstić information content (AvgIpc) is 2.81. The van der Waals surface area contributed by atoms with Gasteiger partial charge in [-0.25, -0.2) is 4.98 Å². The van der Waals surface area contributed by atoms with Crippen LogP contribution in [0, 0.1) is 0 Å². The molecule has 1 heterocycles. The minimum absolute atomic E-state index is 0.121. The number of anilines is 1. The van der Waals surface area contributed by atoms with E-state index in [1.807, 2.05) is 66.7 Å². The number of hydrogen-bond acceptors (Lipinski definition) is 4. The lowest BCUT2D eigenvalue weighted by Crippen LogP contribution is -2.26. The molecule has 0 aliphatic rings. The summed E-state index contributed by atoms with van der Waals surface area (Å²) < 4.78 is 7.49. The van der Waals surface area contributed by atoms with Crippen molar-refractivity contribution >= 4 is 22.6 Å². The van der Waals surface area contributed by atoms with Gasteiger partial charge in [0.25, 0.3) is 5.56 Å². The summed E-state index contributed by atoms with van der Waals surface area (Å²) >= 11 is 0. The molecule has 0 aliphatic heterocycles. The molecule has 0 spiro atoms. The molecule has 0 saturated carbocycles. The van der Waals surface area contributed by atoms with Crippen molar-refractivity contribution in [1.29, 1.82) is 0 Å². The van der Waals surface area contributed by atoms with E-state index in [2.05, 4.69) is 10.3 Å². The maximum absolute atomic E-state index is 13.5. The number of para-hydroxylation sites is 4. The van der Waals surface area contributed by atoms with Gasteiger partial charge in [0.2, 0.25) is 5.91 Å². The Morgan fingerprint density at radius 1 is 0.968 bits per heavy atom. The predicted molar refractivity (Wildman–Crippen MR) is 122 cm³/mol. The monoisotopic (exact) mass is 413 g/mol. The van der Waals surface area contributed by atoms with Gasteiger partial charge in [-0.2, -0.15) is 0 Å². The Morgan fingerprint density at radius 2 is 1.68 bits per heavy atom. The summed E-state index contributed by atoms with van der Waals surface area (Å²) in [5.74, 6) is 0.631. The molecule has 1 amide bonds. The molecule has 0 aliphatic carbocycles. The van der Waals surface area contributed by atoms with Crippen LogP contribution in [0.5, 0.6) is 5.75 Å². The van der Waals surface area contributed by atoms with E-state index in [4.69, 9.17) is 4.74 Å². The largest absolute Gasteiger partial charge is 0.492 e. The Balaban J connectivity index is 1.75. The van der Waals surface area contributed by atoms with Crippen molar-refractivity contribution in [2.75, 3.05) is 11.9 Å². The van der Waals surface area contributed by atoms with Crippen molar-refractivity contribution in [2.45, 2.75) is 19.9 Å². The maximum Gasteiger partial charge on any atom is 0.277 e. The summed E-state index contributed by atoms with van der Waals surface area (Å²) in [5, 5.41) is 2.87. The highest BCUT2D eigenvalue weighted by molar-refractivity contribution is 5.95. The Kier molecular flexibility index (Phi) is 6.08. The molecule has 1 aromatic heterocycles. The van der Waals surface area contributed by atoms with E-state index in [0.29, 0.717) is 42.0 Å². The molecule has 4 rings (SSSR count). The van der Waals surface area contributed by atoms with Crippen molar-refractivity contribution in [1.82, 2.24) is 9.55 Å². The number of hydrogen-bond donors (Lipinski definition) is 1. The molecule has 0 unspecified atom stereocenters. The van der Waals surface area contributed by atoms with Crippen LogP contribution in [0.1, 0.15) is 13.3 Å². The number of aromatic nitrogens is 2. The molecule has 0 bridgehead atoms. The first-order chi connectivity index (χ1) is 15.2. The molecule has 6 nitrogen and oxygen atoms in total. The summed E-state index contributed by atoms with van der Waals surface area (Å²) in [6, 6.07) is 24.2. The van der Waals surface area contributed by atoms with E-state index < -0.39 is 0 Å². The Morgan fingerprint density at radius 3 is 2.48 bits per heavy atom.